The van der Waals surface area contributed by atoms with Gasteiger partial charge in [0.1, 0.15) is 5.82 Å². The molecule has 1 fully saturated rings. The second-order valence-corrected chi connectivity index (χ2v) is 5.34. The van der Waals surface area contributed by atoms with Crippen LogP contribution in [0.3, 0.4) is 0 Å². The van der Waals surface area contributed by atoms with Crippen LogP contribution in [0.1, 0.15) is 6.42 Å². The Hall–Kier alpha value is -1.96. The molecule has 104 valence electrons. The maximum Gasteiger partial charge on any atom is 0.329 e. The number of benzene rings is 1. The van der Waals surface area contributed by atoms with Gasteiger partial charge in [-0.15, -0.1) is 0 Å². The Morgan fingerprint density at radius 1 is 1.40 bits per heavy atom. The Bertz CT molecular complexity index is 743. The number of amides is 3. The average molecular weight is 341 g/mol. The molecule has 1 N–H and O–H groups in total. The first-order valence-electron chi connectivity index (χ1n) is 5.90. The molecular weight excluding hydrogens is 331 g/mol. The minimum atomic E-state index is -0.540. The number of carbonyl (C=O) groups is 2. The van der Waals surface area contributed by atoms with Gasteiger partial charge < -0.3 is 0 Å². The normalized spacial score (nSPS) is 15.8. The predicted octanol–water partition coefficient (Wildman–Crippen LogP) is 1.92. The van der Waals surface area contributed by atoms with Crippen molar-refractivity contribution >= 4 is 44.6 Å². The molecule has 1 aromatic heterocycles. The lowest BCUT2D eigenvalue weighted by atomic mass is 10.2. The lowest BCUT2D eigenvalue weighted by molar-refractivity contribution is -0.120. The molecule has 20 heavy (non-hydrogen) atoms. The number of hydrogen-bond acceptors (Lipinski definition) is 3. The van der Waals surface area contributed by atoms with Crippen LogP contribution < -0.4 is 10.2 Å². The highest BCUT2D eigenvalue weighted by molar-refractivity contribution is 9.10. The van der Waals surface area contributed by atoms with E-state index in [4.69, 9.17) is 0 Å². The van der Waals surface area contributed by atoms with Gasteiger partial charge in [0.2, 0.25) is 5.91 Å². The third kappa shape index (κ3) is 1.96. The van der Waals surface area contributed by atoms with Gasteiger partial charge >= 0.3 is 6.03 Å². The van der Waals surface area contributed by atoms with Gasteiger partial charge in [0.05, 0.1) is 5.52 Å². The number of rotatable bonds is 1. The third-order valence-corrected chi connectivity index (χ3v) is 3.75. The van der Waals surface area contributed by atoms with Gasteiger partial charge in [-0.05, 0) is 28.1 Å². The van der Waals surface area contributed by atoms with E-state index in [-0.39, 0.29) is 18.9 Å². The number of aromatic nitrogens is 2. The molecule has 6 nitrogen and oxygen atoms in total. The Labute approximate surface area is 121 Å². The van der Waals surface area contributed by atoms with Crippen LogP contribution in [0, 0.1) is 5.82 Å². The van der Waals surface area contributed by atoms with Crippen molar-refractivity contribution in [2.75, 3.05) is 11.4 Å². The zero-order valence-corrected chi connectivity index (χ0v) is 12.1. The minimum absolute atomic E-state index is 0.195. The number of imide groups is 1. The van der Waals surface area contributed by atoms with E-state index in [1.165, 1.54) is 17.0 Å². The predicted molar refractivity (Wildman–Crippen MR) is 73.9 cm³/mol. The molecule has 1 aliphatic heterocycles. The van der Waals surface area contributed by atoms with Crippen molar-refractivity contribution in [1.29, 1.82) is 0 Å². The maximum atomic E-state index is 13.6. The molecule has 3 amide bonds. The summed E-state index contributed by atoms with van der Waals surface area (Å²) in [5.74, 6) is -0.404. The van der Waals surface area contributed by atoms with Crippen molar-refractivity contribution in [3.8, 4) is 0 Å². The van der Waals surface area contributed by atoms with Gasteiger partial charge in [-0.25, -0.2) is 9.18 Å². The maximum absolute atomic E-state index is 13.6. The number of urea groups is 1. The van der Waals surface area contributed by atoms with Crippen LogP contribution in [-0.2, 0) is 11.8 Å². The van der Waals surface area contributed by atoms with E-state index in [9.17, 15) is 14.0 Å². The molecule has 1 saturated heterocycles. The van der Waals surface area contributed by atoms with Gasteiger partial charge in [-0.3, -0.25) is 19.7 Å². The number of anilines is 1. The molecule has 0 spiro atoms. The second kappa shape index (κ2) is 4.55. The topological polar surface area (TPSA) is 67.2 Å². The summed E-state index contributed by atoms with van der Waals surface area (Å²) in [6.45, 7) is 0.227. The summed E-state index contributed by atoms with van der Waals surface area (Å²) in [6.07, 6.45) is 0.195. The highest BCUT2D eigenvalue weighted by Crippen LogP contribution is 2.32. The number of fused-ring (bicyclic) bond motifs is 1. The first kappa shape index (κ1) is 13.0. The summed E-state index contributed by atoms with van der Waals surface area (Å²) >= 11 is 3.29. The van der Waals surface area contributed by atoms with Gasteiger partial charge in [-0.2, -0.15) is 5.10 Å². The van der Waals surface area contributed by atoms with Gasteiger partial charge in [0.25, 0.3) is 0 Å². The lowest BCUT2D eigenvalue weighted by Crippen LogP contribution is -2.49. The van der Waals surface area contributed by atoms with Gasteiger partial charge in [0, 0.05) is 29.9 Å². The number of carbonyl (C=O) groups excluding carboxylic acids is 2. The molecule has 8 heteroatoms. The molecule has 0 saturated carbocycles. The largest absolute Gasteiger partial charge is 0.329 e. The zero-order chi connectivity index (χ0) is 14.4. The van der Waals surface area contributed by atoms with Crippen molar-refractivity contribution < 1.29 is 14.0 Å². The molecule has 0 aliphatic carbocycles. The number of nitrogens with zero attached hydrogens (tertiary/aromatic N) is 3. The van der Waals surface area contributed by atoms with Gasteiger partial charge in [-0.1, -0.05) is 0 Å². The molecule has 1 aromatic carbocycles. The van der Waals surface area contributed by atoms with Crippen molar-refractivity contribution in [3.05, 3.63) is 22.4 Å². The quantitative estimate of drug-likeness (QED) is 0.862. The van der Waals surface area contributed by atoms with Gasteiger partial charge in [0.15, 0.2) is 5.82 Å². The highest BCUT2D eigenvalue weighted by atomic mass is 79.9. The Morgan fingerprint density at radius 2 is 2.15 bits per heavy atom. The molecule has 0 atom stereocenters. The molecule has 3 rings (SSSR count). The lowest BCUT2D eigenvalue weighted by Gasteiger charge is -2.24. The molecular formula is C12H10BrFN4O2. The van der Waals surface area contributed by atoms with Crippen molar-refractivity contribution in [2.45, 2.75) is 6.42 Å². The zero-order valence-electron chi connectivity index (χ0n) is 10.5. The fourth-order valence-electron chi connectivity index (χ4n) is 2.28. The van der Waals surface area contributed by atoms with E-state index < -0.39 is 11.8 Å². The molecule has 0 radical (unpaired) electrons. The summed E-state index contributed by atoms with van der Waals surface area (Å²) in [6, 6.07) is 2.13. The van der Waals surface area contributed by atoms with Crippen LogP contribution >= 0.6 is 15.9 Å². The number of aryl methyl sites for hydroxylation is 1. The summed E-state index contributed by atoms with van der Waals surface area (Å²) < 4.78 is 15.7. The first-order valence-corrected chi connectivity index (χ1v) is 6.70. The summed E-state index contributed by atoms with van der Waals surface area (Å²) in [7, 11) is 1.71. The van der Waals surface area contributed by atoms with E-state index in [1.54, 1.807) is 11.7 Å². The summed E-state index contributed by atoms with van der Waals surface area (Å²) in [5, 5.41) is 7.01. The fourth-order valence-corrected chi connectivity index (χ4v) is 2.97. The molecule has 1 aliphatic rings. The Balaban J connectivity index is 2.17. The van der Waals surface area contributed by atoms with E-state index in [1.807, 2.05) is 0 Å². The average Bonchev–Trinajstić information content (AvgIpc) is 2.66. The summed E-state index contributed by atoms with van der Waals surface area (Å²) in [5.41, 5.74) is 0.686. The summed E-state index contributed by atoms with van der Waals surface area (Å²) in [4.78, 5) is 24.4. The van der Waals surface area contributed by atoms with Crippen molar-refractivity contribution in [3.63, 3.8) is 0 Å². The Kier molecular flexibility index (Phi) is 2.97. The standard InChI is InChI=1S/C12H10BrFN4O2/c1-17-10-7(4-6(14)5-8(10)13)11(16-17)18-3-2-9(19)15-12(18)20/h4-5H,2-3H2,1H3,(H,15,19,20). The minimum Gasteiger partial charge on any atom is -0.278 e. The van der Waals surface area contributed by atoms with Crippen LogP contribution in [0.25, 0.3) is 10.9 Å². The van der Waals surface area contributed by atoms with E-state index >= 15 is 0 Å². The number of nitrogens with one attached hydrogen (secondary N) is 1. The van der Waals surface area contributed by atoms with Crippen LogP contribution in [0.15, 0.2) is 16.6 Å². The van der Waals surface area contributed by atoms with E-state index in [0.717, 1.165) is 0 Å². The molecule has 2 heterocycles. The molecule has 0 unspecified atom stereocenters. The monoisotopic (exact) mass is 340 g/mol. The van der Waals surface area contributed by atoms with E-state index in [2.05, 4.69) is 26.3 Å². The van der Waals surface area contributed by atoms with Crippen LogP contribution in [-0.4, -0.2) is 28.3 Å². The number of halogens is 2. The fraction of sp³-hybridized carbons (Fsp3) is 0.250. The van der Waals surface area contributed by atoms with Crippen LogP contribution in [0.5, 0.6) is 0 Å². The van der Waals surface area contributed by atoms with Crippen LogP contribution in [0.4, 0.5) is 15.0 Å². The SMILES string of the molecule is Cn1nc(N2CCC(=O)NC2=O)c2cc(F)cc(Br)c21. The van der Waals surface area contributed by atoms with Crippen molar-refractivity contribution in [2.24, 2.45) is 7.05 Å². The van der Waals surface area contributed by atoms with Crippen molar-refractivity contribution in [1.82, 2.24) is 15.1 Å². The number of hydrogen-bond donors (Lipinski definition) is 1. The third-order valence-electron chi connectivity index (χ3n) is 3.15. The Morgan fingerprint density at radius 3 is 2.85 bits per heavy atom. The smallest absolute Gasteiger partial charge is 0.278 e. The molecule has 2 aromatic rings. The first-order chi connectivity index (χ1) is 9.47. The second-order valence-electron chi connectivity index (χ2n) is 4.49. The highest BCUT2D eigenvalue weighted by Gasteiger charge is 2.28. The van der Waals surface area contributed by atoms with E-state index in [0.29, 0.717) is 21.2 Å². The van der Waals surface area contributed by atoms with Crippen LogP contribution in [0.2, 0.25) is 0 Å². The molecule has 0 bridgehead atoms.